The molecule has 0 bridgehead atoms. The van der Waals surface area contributed by atoms with Crippen molar-refractivity contribution >= 4 is 10.8 Å². The molecule has 0 spiro atoms. The van der Waals surface area contributed by atoms with Crippen LogP contribution in [0.15, 0.2) is 59.6 Å². The minimum absolute atomic E-state index is 0.280. The van der Waals surface area contributed by atoms with Crippen LogP contribution in [0.2, 0.25) is 0 Å². The van der Waals surface area contributed by atoms with Crippen LogP contribution in [0.25, 0.3) is 5.69 Å². The quantitative estimate of drug-likeness (QED) is 0.727. The maximum Gasteiger partial charge on any atom is 0.123 e. The van der Waals surface area contributed by atoms with Crippen LogP contribution in [0.4, 0.5) is 4.39 Å². The van der Waals surface area contributed by atoms with Gasteiger partial charge in [-0.1, -0.05) is 12.1 Å². The van der Waals surface area contributed by atoms with E-state index in [1.807, 2.05) is 38.1 Å². The van der Waals surface area contributed by atoms with E-state index in [0.29, 0.717) is 5.75 Å². The van der Waals surface area contributed by atoms with Crippen LogP contribution in [0.3, 0.4) is 0 Å². The molecule has 3 aromatic rings. The maximum absolute atomic E-state index is 13.0. The Hall–Kier alpha value is -2.27. The van der Waals surface area contributed by atoms with Crippen LogP contribution >= 0.6 is 0 Å². The molecule has 0 saturated heterocycles. The molecule has 1 heterocycles. The summed E-state index contributed by atoms with van der Waals surface area (Å²) in [4.78, 5) is 0.848. The Labute approximate surface area is 137 Å². The number of nitrogens with zero attached hydrogens (tertiary/aromatic N) is 2. The molecule has 0 fully saturated rings. The molecule has 0 saturated carbocycles. The van der Waals surface area contributed by atoms with Gasteiger partial charge in [0.1, 0.15) is 5.82 Å². The van der Waals surface area contributed by atoms with E-state index in [-0.39, 0.29) is 5.82 Å². The van der Waals surface area contributed by atoms with Crippen LogP contribution in [0, 0.1) is 19.7 Å². The van der Waals surface area contributed by atoms with Gasteiger partial charge in [0.2, 0.25) is 0 Å². The SMILES string of the molecule is Cc1ccc(C)c([S@](=O)Cc2ccn(-c3ccc(F)cc3)n2)c1. The van der Waals surface area contributed by atoms with E-state index in [4.69, 9.17) is 0 Å². The van der Waals surface area contributed by atoms with Crippen molar-refractivity contribution in [1.29, 1.82) is 0 Å². The number of rotatable bonds is 4. The monoisotopic (exact) mass is 328 g/mol. The molecule has 3 nitrogen and oxygen atoms in total. The Kier molecular flexibility index (Phi) is 4.39. The molecule has 23 heavy (non-hydrogen) atoms. The Morgan fingerprint density at radius 2 is 1.83 bits per heavy atom. The van der Waals surface area contributed by atoms with Gasteiger partial charge in [-0.05, 0) is 61.4 Å². The van der Waals surface area contributed by atoms with E-state index < -0.39 is 10.8 Å². The summed E-state index contributed by atoms with van der Waals surface area (Å²) in [6.45, 7) is 3.95. The summed E-state index contributed by atoms with van der Waals surface area (Å²) in [5.74, 6) is 0.0792. The lowest BCUT2D eigenvalue weighted by Gasteiger charge is -2.06. The summed E-state index contributed by atoms with van der Waals surface area (Å²) >= 11 is 0. The second-order valence-electron chi connectivity index (χ2n) is 5.49. The van der Waals surface area contributed by atoms with Gasteiger partial charge in [0.15, 0.2) is 0 Å². The van der Waals surface area contributed by atoms with Crippen LogP contribution < -0.4 is 0 Å². The molecule has 1 aromatic heterocycles. The highest BCUT2D eigenvalue weighted by molar-refractivity contribution is 7.84. The molecule has 1 atom stereocenters. The first-order valence-corrected chi connectivity index (χ1v) is 8.61. The highest BCUT2D eigenvalue weighted by Crippen LogP contribution is 2.18. The number of aryl methyl sites for hydroxylation is 2. The molecular weight excluding hydrogens is 311 g/mol. The molecule has 0 radical (unpaired) electrons. The van der Waals surface area contributed by atoms with Gasteiger partial charge in [-0.2, -0.15) is 5.10 Å². The van der Waals surface area contributed by atoms with Gasteiger partial charge in [-0.25, -0.2) is 9.07 Å². The summed E-state index contributed by atoms with van der Waals surface area (Å²) in [7, 11) is -1.14. The van der Waals surface area contributed by atoms with Crippen molar-refractivity contribution in [2.45, 2.75) is 24.5 Å². The Bertz CT molecular complexity index is 856. The predicted molar refractivity (Wildman–Crippen MR) is 89.6 cm³/mol. The average Bonchev–Trinajstić information content (AvgIpc) is 2.99. The van der Waals surface area contributed by atoms with E-state index in [1.54, 1.807) is 23.0 Å². The van der Waals surface area contributed by atoms with Crippen molar-refractivity contribution in [2.24, 2.45) is 0 Å². The molecule has 0 aliphatic heterocycles. The minimum atomic E-state index is -1.14. The first-order chi connectivity index (χ1) is 11.0. The van der Waals surface area contributed by atoms with Crippen LogP contribution in [0.1, 0.15) is 16.8 Å². The first-order valence-electron chi connectivity index (χ1n) is 7.29. The van der Waals surface area contributed by atoms with Crippen LogP contribution in [-0.2, 0) is 16.6 Å². The van der Waals surface area contributed by atoms with E-state index in [2.05, 4.69) is 5.10 Å². The summed E-state index contributed by atoms with van der Waals surface area (Å²) < 4.78 is 27.2. The third-order valence-corrected chi connectivity index (χ3v) is 5.09. The molecule has 5 heteroatoms. The van der Waals surface area contributed by atoms with Gasteiger partial charge in [-0.15, -0.1) is 0 Å². The van der Waals surface area contributed by atoms with Crippen LogP contribution in [0.5, 0.6) is 0 Å². The van der Waals surface area contributed by atoms with Crippen molar-refractivity contribution < 1.29 is 8.60 Å². The van der Waals surface area contributed by atoms with Gasteiger partial charge < -0.3 is 0 Å². The number of aromatic nitrogens is 2. The van der Waals surface area contributed by atoms with E-state index in [9.17, 15) is 8.60 Å². The number of benzene rings is 2. The third kappa shape index (κ3) is 3.56. The molecular formula is C18H17FN2OS. The third-order valence-electron chi connectivity index (χ3n) is 3.60. The van der Waals surface area contributed by atoms with Gasteiger partial charge >= 0.3 is 0 Å². The zero-order valence-electron chi connectivity index (χ0n) is 13.0. The van der Waals surface area contributed by atoms with E-state index in [1.165, 1.54) is 12.1 Å². The Morgan fingerprint density at radius 1 is 1.09 bits per heavy atom. The highest BCUT2D eigenvalue weighted by Gasteiger charge is 2.11. The molecule has 0 amide bonds. The smallest absolute Gasteiger partial charge is 0.123 e. The summed E-state index contributed by atoms with van der Waals surface area (Å²) in [6, 6.07) is 13.9. The van der Waals surface area contributed by atoms with Crippen molar-refractivity contribution in [3.8, 4) is 5.69 Å². The Balaban J connectivity index is 1.80. The molecule has 3 rings (SSSR count). The lowest BCUT2D eigenvalue weighted by atomic mass is 10.2. The van der Waals surface area contributed by atoms with Crippen molar-refractivity contribution in [1.82, 2.24) is 9.78 Å². The van der Waals surface area contributed by atoms with Gasteiger partial charge in [0.05, 0.1) is 27.9 Å². The molecule has 0 N–H and O–H groups in total. The minimum Gasteiger partial charge on any atom is -0.254 e. The normalized spacial score (nSPS) is 12.3. The lowest BCUT2D eigenvalue weighted by Crippen LogP contribution is -2.01. The second kappa shape index (κ2) is 6.46. The van der Waals surface area contributed by atoms with Gasteiger partial charge in [-0.3, -0.25) is 4.21 Å². The molecule has 0 aliphatic rings. The number of halogens is 1. The van der Waals surface area contributed by atoms with Crippen molar-refractivity contribution in [3.63, 3.8) is 0 Å². The zero-order chi connectivity index (χ0) is 16.4. The molecule has 118 valence electrons. The topological polar surface area (TPSA) is 34.9 Å². The fourth-order valence-corrected chi connectivity index (χ4v) is 3.66. The maximum atomic E-state index is 13.0. The number of hydrogen-bond acceptors (Lipinski definition) is 2. The summed E-state index contributed by atoms with van der Waals surface area (Å²) in [5.41, 5.74) is 3.63. The van der Waals surface area contributed by atoms with Crippen molar-refractivity contribution in [3.05, 3.63) is 77.4 Å². The largest absolute Gasteiger partial charge is 0.254 e. The zero-order valence-corrected chi connectivity index (χ0v) is 13.8. The first kappa shape index (κ1) is 15.6. The molecule has 2 aromatic carbocycles. The second-order valence-corrected chi connectivity index (χ2v) is 6.91. The van der Waals surface area contributed by atoms with E-state index >= 15 is 0 Å². The van der Waals surface area contributed by atoms with Crippen LogP contribution in [-0.4, -0.2) is 14.0 Å². The molecule has 0 unspecified atom stereocenters. The molecule has 0 aliphatic carbocycles. The standard InChI is InChI=1S/C18H17FN2OS/c1-13-3-4-14(2)18(11-13)23(22)12-16-9-10-21(20-16)17-7-5-15(19)6-8-17/h3-11H,12H2,1-2H3/t23-/m1/s1. The van der Waals surface area contributed by atoms with E-state index in [0.717, 1.165) is 27.4 Å². The highest BCUT2D eigenvalue weighted by atomic mass is 32.2. The number of hydrogen-bond donors (Lipinski definition) is 0. The lowest BCUT2D eigenvalue weighted by molar-refractivity contribution is 0.627. The van der Waals surface area contributed by atoms with Gasteiger partial charge in [0, 0.05) is 11.1 Å². The fourth-order valence-electron chi connectivity index (χ4n) is 2.34. The predicted octanol–water partition coefficient (Wildman–Crippen LogP) is 3.94. The summed E-state index contributed by atoms with van der Waals surface area (Å²) in [6.07, 6.45) is 1.79. The van der Waals surface area contributed by atoms with Gasteiger partial charge in [0.25, 0.3) is 0 Å². The van der Waals surface area contributed by atoms with Crippen molar-refractivity contribution in [2.75, 3.05) is 0 Å². The average molecular weight is 328 g/mol. The Morgan fingerprint density at radius 3 is 2.57 bits per heavy atom. The fraction of sp³-hybridized carbons (Fsp3) is 0.167. The summed E-state index contributed by atoms with van der Waals surface area (Å²) in [5, 5.41) is 4.43.